The van der Waals surface area contributed by atoms with Crippen LogP contribution in [0.25, 0.3) is 0 Å². The first kappa shape index (κ1) is 21.1. The highest BCUT2D eigenvalue weighted by Crippen LogP contribution is 2.29. The van der Waals surface area contributed by atoms with E-state index < -0.39 is 0 Å². The average Bonchev–Trinajstić information content (AvgIpc) is 2.73. The molecule has 3 rings (SSSR count). The second kappa shape index (κ2) is 10.3. The number of benzene rings is 2. The van der Waals surface area contributed by atoms with Crippen molar-refractivity contribution in [3.8, 4) is 11.5 Å². The average molecular weight is 399 g/mol. The summed E-state index contributed by atoms with van der Waals surface area (Å²) in [5.41, 5.74) is 2.76. The molecule has 0 spiro atoms. The summed E-state index contributed by atoms with van der Waals surface area (Å²) in [5, 5.41) is 2.99. The number of carbonyl (C=O) groups excluding carboxylic acids is 1. The van der Waals surface area contributed by atoms with E-state index in [1.54, 1.807) is 7.11 Å². The van der Waals surface area contributed by atoms with Crippen molar-refractivity contribution in [3.05, 3.63) is 59.2 Å². The van der Waals surface area contributed by atoms with Gasteiger partial charge in [-0.1, -0.05) is 18.2 Å². The lowest BCUT2D eigenvalue weighted by atomic mass is 10.1. The van der Waals surface area contributed by atoms with Gasteiger partial charge in [0, 0.05) is 31.7 Å². The zero-order valence-corrected chi connectivity index (χ0v) is 17.4. The van der Waals surface area contributed by atoms with Gasteiger partial charge in [0.05, 0.1) is 26.4 Å². The highest BCUT2D eigenvalue weighted by Gasteiger charge is 2.13. The number of carbonyl (C=O) groups is 1. The molecule has 6 heteroatoms. The molecular formula is C23H30N2O4. The summed E-state index contributed by atoms with van der Waals surface area (Å²) in [6.45, 7) is 8.59. The number of hydrogen-bond donors (Lipinski definition) is 1. The summed E-state index contributed by atoms with van der Waals surface area (Å²) < 4.78 is 16.5. The van der Waals surface area contributed by atoms with Crippen molar-refractivity contribution in [3.63, 3.8) is 0 Å². The van der Waals surface area contributed by atoms with E-state index in [-0.39, 0.29) is 12.0 Å². The van der Waals surface area contributed by atoms with E-state index in [0.29, 0.717) is 23.6 Å². The Balaban J connectivity index is 1.59. The highest BCUT2D eigenvalue weighted by atomic mass is 16.5. The highest BCUT2D eigenvalue weighted by molar-refractivity contribution is 5.94. The molecule has 0 bridgehead atoms. The molecule has 0 aromatic heterocycles. The first-order valence-electron chi connectivity index (χ1n) is 10.1. The normalized spacial score (nSPS) is 14.6. The van der Waals surface area contributed by atoms with Crippen LogP contribution >= 0.6 is 0 Å². The van der Waals surface area contributed by atoms with Crippen LogP contribution < -0.4 is 14.8 Å². The molecule has 2 aromatic carbocycles. The topological polar surface area (TPSA) is 60.0 Å². The second-order valence-electron chi connectivity index (χ2n) is 7.42. The molecule has 1 saturated heterocycles. The quantitative estimate of drug-likeness (QED) is 0.740. The molecule has 1 N–H and O–H groups in total. The third kappa shape index (κ3) is 6.21. The van der Waals surface area contributed by atoms with Gasteiger partial charge in [0.1, 0.15) is 0 Å². The van der Waals surface area contributed by atoms with Crippen LogP contribution in [0.15, 0.2) is 42.5 Å². The lowest BCUT2D eigenvalue weighted by Crippen LogP contribution is -2.35. The lowest BCUT2D eigenvalue weighted by Gasteiger charge is -2.26. The van der Waals surface area contributed by atoms with Crippen molar-refractivity contribution in [2.75, 3.05) is 33.4 Å². The number of ether oxygens (including phenoxy) is 3. The number of nitrogens with one attached hydrogen (secondary N) is 1. The standard InChI is InChI=1S/C23H30N2O4/c1-17(2)29-21-8-7-18(14-22(21)27-3)15-24-23(26)20-6-4-5-19(13-20)16-25-9-11-28-12-10-25/h4-8,13-14,17H,9-12,15-16H2,1-3H3,(H,24,26). The summed E-state index contributed by atoms with van der Waals surface area (Å²) in [6, 6.07) is 13.5. The van der Waals surface area contributed by atoms with E-state index >= 15 is 0 Å². The minimum Gasteiger partial charge on any atom is -0.493 e. The minimum absolute atomic E-state index is 0.0687. The number of nitrogens with zero attached hydrogens (tertiary/aromatic N) is 1. The van der Waals surface area contributed by atoms with Crippen LogP contribution in [0, 0.1) is 0 Å². The Morgan fingerprint density at radius 3 is 2.62 bits per heavy atom. The number of amides is 1. The van der Waals surface area contributed by atoms with Gasteiger partial charge < -0.3 is 19.5 Å². The molecule has 1 fully saturated rings. The Kier molecular flexibility index (Phi) is 7.49. The predicted octanol–water partition coefficient (Wildman–Crippen LogP) is 3.24. The van der Waals surface area contributed by atoms with Gasteiger partial charge >= 0.3 is 0 Å². The van der Waals surface area contributed by atoms with Gasteiger partial charge in [-0.15, -0.1) is 0 Å². The summed E-state index contributed by atoms with van der Waals surface area (Å²) >= 11 is 0. The van der Waals surface area contributed by atoms with Crippen LogP contribution in [0.3, 0.4) is 0 Å². The van der Waals surface area contributed by atoms with Gasteiger partial charge in [0.25, 0.3) is 5.91 Å². The minimum atomic E-state index is -0.0877. The van der Waals surface area contributed by atoms with Crippen LogP contribution in [0.5, 0.6) is 11.5 Å². The maximum atomic E-state index is 12.6. The van der Waals surface area contributed by atoms with E-state index in [4.69, 9.17) is 14.2 Å². The third-order valence-corrected chi connectivity index (χ3v) is 4.74. The van der Waals surface area contributed by atoms with Crippen molar-refractivity contribution >= 4 is 5.91 Å². The zero-order chi connectivity index (χ0) is 20.6. The van der Waals surface area contributed by atoms with Gasteiger partial charge in [-0.25, -0.2) is 0 Å². The van der Waals surface area contributed by atoms with Crippen molar-refractivity contribution in [2.45, 2.75) is 33.0 Å². The van der Waals surface area contributed by atoms with E-state index in [1.807, 2.05) is 50.2 Å². The summed E-state index contributed by atoms with van der Waals surface area (Å²) in [7, 11) is 1.62. The molecule has 0 unspecified atom stereocenters. The molecule has 0 aliphatic carbocycles. The number of rotatable bonds is 8. The van der Waals surface area contributed by atoms with Crippen molar-refractivity contribution in [1.29, 1.82) is 0 Å². The third-order valence-electron chi connectivity index (χ3n) is 4.74. The Morgan fingerprint density at radius 1 is 1.10 bits per heavy atom. The van der Waals surface area contributed by atoms with Crippen LogP contribution in [0.1, 0.15) is 35.3 Å². The lowest BCUT2D eigenvalue weighted by molar-refractivity contribution is 0.0342. The Hall–Kier alpha value is -2.57. The van der Waals surface area contributed by atoms with E-state index in [0.717, 1.165) is 44.0 Å². The molecule has 1 aliphatic rings. The van der Waals surface area contributed by atoms with E-state index in [1.165, 1.54) is 0 Å². The predicted molar refractivity (Wildman–Crippen MR) is 112 cm³/mol. The van der Waals surface area contributed by atoms with Crippen LogP contribution in [-0.4, -0.2) is 50.3 Å². The molecule has 6 nitrogen and oxygen atoms in total. The zero-order valence-electron chi connectivity index (χ0n) is 17.4. The molecule has 1 heterocycles. The SMILES string of the molecule is COc1cc(CNC(=O)c2cccc(CN3CCOCC3)c2)ccc1OC(C)C. The summed E-state index contributed by atoms with van der Waals surface area (Å²) in [5.74, 6) is 1.28. The molecule has 1 aliphatic heterocycles. The van der Waals surface area contributed by atoms with Gasteiger partial charge in [-0.2, -0.15) is 0 Å². The van der Waals surface area contributed by atoms with E-state index in [9.17, 15) is 4.79 Å². The maximum absolute atomic E-state index is 12.6. The van der Waals surface area contributed by atoms with E-state index in [2.05, 4.69) is 16.3 Å². The maximum Gasteiger partial charge on any atom is 0.251 e. The molecule has 2 aromatic rings. The van der Waals surface area contributed by atoms with Gasteiger partial charge in [0.15, 0.2) is 11.5 Å². The number of morpholine rings is 1. The fourth-order valence-corrected chi connectivity index (χ4v) is 3.29. The molecular weight excluding hydrogens is 368 g/mol. The first-order valence-corrected chi connectivity index (χ1v) is 10.1. The number of methoxy groups -OCH3 is 1. The smallest absolute Gasteiger partial charge is 0.251 e. The molecule has 156 valence electrons. The summed E-state index contributed by atoms with van der Waals surface area (Å²) in [6.07, 6.45) is 0.0687. The molecule has 1 amide bonds. The van der Waals surface area contributed by atoms with Gasteiger partial charge in [-0.3, -0.25) is 9.69 Å². The number of hydrogen-bond acceptors (Lipinski definition) is 5. The molecule has 29 heavy (non-hydrogen) atoms. The Morgan fingerprint density at radius 2 is 1.90 bits per heavy atom. The first-order chi connectivity index (χ1) is 14.0. The van der Waals surface area contributed by atoms with Crippen molar-refractivity contribution < 1.29 is 19.0 Å². The van der Waals surface area contributed by atoms with Crippen LogP contribution in [0.2, 0.25) is 0 Å². The fourth-order valence-electron chi connectivity index (χ4n) is 3.29. The van der Waals surface area contributed by atoms with Crippen molar-refractivity contribution in [2.24, 2.45) is 0 Å². The molecule has 0 atom stereocenters. The Labute approximate surface area is 172 Å². The van der Waals surface area contributed by atoms with Crippen molar-refractivity contribution in [1.82, 2.24) is 10.2 Å². The molecule has 0 saturated carbocycles. The molecule has 0 radical (unpaired) electrons. The fraction of sp³-hybridized carbons (Fsp3) is 0.435. The summed E-state index contributed by atoms with van der Waals surface area (Å²) in [4.78, 5) is 15.0. The van der Waals surface area contributed by atoms with Crippen LogP contribution in [0.4, 0.5) is 0 Å². The monoisotopic (exact) mass is 398 g/mol. The van der Waals surface area contributed by atoms with Gasteiger partial charge in [-0.05, 0) is 49.2 Å². The van der Waals surface area contributed by atoms with Gasteiger partial charge in [0.2, 0.25) is 0 Å². The second-order valence-corrected chi connectivity index (χ2v) is 7.42. The Bertz CT molecular complexity index is 816. The van der Waals surface area contributed by atoms with Crippen LogP contribution in [-0.2, 0) is 17.8 Å². The largest absolute Gasteiger partial charge is 0.493 e.